The van der Waals surface area contributed by atoms with Crippen LogP contribution in [0.5, 0.6) is 0 Å². The van der Waals surface area contributed by atoms with E-state index in [1.54, 1.807) is 0 Å². The van der Waals surface area contributed by atoms with E-state index in [0.29, 0.717) is 17.0 Å². The summed E-state index contributed by atoms with van der Waals surface area (Å²) in [5, 5.41) is 0. The van der Waals surface area contributed by atoms with Gasteiger partial charge in [0.05, 0.1) is 0 Å². The highest BCUT2D eigenvalue weighted by Crippen LogP contribution is 2.42. The highest BCUT2D eigenvalue weighted by atomic mass is 15.3. The second-order valence-corrected chi connectivity index (χ2v) is 11.4. The number of hydrogen-bond acceptors (Lipinski definition) is 3. The molecule has 0 spiro atoms. The molecule has 3 nitrogen and oxygen atoms in total. The van der Waals surface area contributed by atoms with Crippen molar-refractivity contribution in [2.24, 2.45) is 17.3 Å². The number of piperazine rings is 1. The molecule has 2 aliphatic rings. The molecule has 0 bridgehead atoms. The van der Waals surface area contributed by atoms with Crippen molar-refractivity contribution < 1.29 is 0 Å². The van der Waals surface area contributed by atoms with Crippen LogP contribution in [-0.4, -0.2) is 72.1 Å². The molecule has 2 heterocycles. The molecule has 2 aliphatic heterocycles. The molecular weight excluding hydrogens is 330 g/mol. The van der Waals surface area contributed by atoms with Crippen LogP contribution in [0.2, 0.25) is 0 Å². The van der Waals surface area contributed by atoms with E-state index in [0.717, 1.165) is 11.8 Å². The molecule has 0 aliphatic carbocycles. The van der Waals surface area contributed by atoms with E-state index in [2.05, 4.69) is 70.1 Å². The van der Waals surface area contributed by atoms with Gasteiger partial charge in [0.2, 0.25) is 0 Å². The van der Waals surface area contributed by atoms with Gasteiger partial charge < -0.3 is 4.90 Å². The lowest BCUT2D eigenvalue weighted by Gasteiger charge is -2.50. The van der Waals surface area contributed by atoms with Gasteiger partial charge in [-0.3, -0.25) is 9.80 Å². The molecule has 2 rings (SSSR count). The summed E-state index contributed by atoms with van der Waals surface area (Å²) in [6.07, 6.45) is 5.45. The average molecular weight is 380 g/mol. The van der Waals surface area contributed by atoms with Gasteiger partial charge in [-0.25, -0.2) is 0 Å². The summed E-state index contributed by atoms with van der Waals surface area (Å²) in [4.78, 5) is 8.11. The molecule has 27 heavy (non-hydrogen) atoms. The fraction of sp³-hybridized carbons (Fsp3) is 1.00. The van der Waals surface area contributed by atoms with E-state index in [4.69, 9.17) is 0 Å². The van der Waals surface area contributed by atoms with Gasteiger partial charge in [0.1, 0.15) is 0 Å². The maximum absolute atomic E-state index is 2.77. The predicted molar refractivity (Wildman–Crippen MR) is 119 cm³/mol. The highest BCUT2D eigenvalue weighted by Gasteiger charge is 2.40. The Hall–Kier alpha value is -0.120. The van der Waals surface area contributed by atoms with Gasteiger partial charge in [-0.2, -0.15) is 0 Å². The Kier molecular flexibility index (Phi) is 8.22. The van der Waals surface area contributed by atoms with E-state index >= 15 is 0 Å². The van der Waals surface area contributed by atoms with Gasteiger partial charge in [-0.05, 0) is 90.3 Å². The van der Waals surface area contributed by atoms with Crippen LogP contribution in [0.4, 0.5) is 0 Å². The largest absolute Gasteiger partial charge is 0.303 e. The second-order valence-electron chi connectivity index (χ2n) is 11.4. The van der Waals surface area contributed by atoms with Crippen LogP contribution in [0.3, 0.4) is 0 Å². The van der Waals surface area contributed by atoms with Crippen LogP contribution >= 0.6 is 0 Å². The van der Waals surface area contributed by atoms with Gasteiger partial charge in [0, 0.05) is 37.8 Å². The minimum Gasteiger partial charge on any atom is -0.303 e. The summed E-state index contributed by atoms with van der Waals surface area (Å²) >= 11 is 0. The van der Waals surface area contributed by atoms with E-state index in [9.17, 15) is 0 Å². The van der Waals surface area contributed by atoms with Crippen molar-refractivity contribution in [2.75, 3.05) is 45.8 Å². The van der Waals surface area contributed by atoms with Crippen molar-refractivity contribution in [3.63, 3.8) is 0 Å². The lowest BCUT2D eigenvalue weighted by Crippen LogP contribution is -2.57. The summed E-state index contributed by atoms with van der Waals surface area (Å²) in [7, 11) is 0. The quantitative estimate of drug-likeness (QED) is 0.590. The third-order valence-corrected chi connectivity index (χ3v) is 7.50. The van der Waals surface area contributed by atoms with Crippen molar-refractivity contribution in [1.82, 2.24) is 14.7 Å². The van der Waals surface area contributed by atoms with Crippen molar-refractivity contribution in [1.29, 1.82) is 0 Å². The Labute approximate surface area is 170 Å². The standard InChI is InChI=1S/C24H49N3/c1-20(2)9-12-25-13-10-22(11-14-25)23(5,6)19-24(7,8)27-17-15-26(16-18-27)21(3)4/h20-22H,9-19H2,1-8H3. The maximum Gasteiger partial charge on any atom is 0.0159 e. The first-order valence-electron chi connectivity index (χ1n) is 11.7. The first-order chi connectivity index (χ1) is 12.5. The Morgan fingerprint density at radius 2 is 1.37 bits per heavy atom. The SMILES string of the molecule is CC(C)CCN1CCC(C(C)(C)CC(C)(C)N2CCN(C(C)C)CC2)CC1. The van der Waals surface area contributed by atoms with Crippen molar-refractivity contribution in [3.05, 3.63) is 0 Å². The molecule has 2 fully saturated rings. The average Bonchev–Trinajstić information content (AvgIpc) is 2.59. The number of rotatable bonds is 8. The molecule has 0 amide bonds. The molecule has 2 saturated heterocycles. The number of nitrogens with zero attached hydrogens (tertiary/aromatic N) is 3. The van der Waals surface area contributed by atoms with Crippen LogP contribution in [-0.2, 0) is 0 Å². The van der Waals surface area contributed by atoms with Crippen LogP contribution in [0.25, 0.3) is 0 Å². The van der Waals surface area contributed by atoms with Crippen LogP contribution in [0, 0.1) is 17.3 Å². The maximum atomic E-state index is 2.77. The summed E-state index contributed by atoms with van der Waals surface area (Å²) in [6, 6.07) is 0.688. The Morgan fingerprint density at radius 3 is 1.85 bits per heavy atom. The van der Waals surface area contributed by atoms with E-state index < -0.39 is 0 Å². The predicted octanol–water partition coefficient (Wildman–Crippen LogP) is 4.97. The van der Waals surface area contributed by atoms with Gasteiger partial charge in [-0.1, -0.05) is 27.7 Å². The first-order valence-corrected chi connectivity index (χ1v) is 11.7. The monoisotopic (exact) mass is 379 g/mol. The Bertz CT molecular complexity index is 425. The van der Waals surface area contributed by atoms with Crippen molar-refractivity contribution in [3.8, 4) is 0 Å². The second kappa shape index (κ2) is 9.59. The van der Waals surface area contributed by atoms with E-state index in [1.165, 1.54) is 71.5 Å². The Morgan fingerprint density at radius 1 is 0.815 bits per heavy atom. The molecular formula is C24H49N3. The molecule has 3 heteroatoms. The number of piperidine rings is 1. The molecule has 0 N–H and O–H groups in total. The van der Waals surface area contributed by atoms with E-state index in [1.807, 2.05) is 0 Å². The molecule has 0 unspecified atom stereocenters. The molecule has 160 valence electrons. The zero-order valence-corrected chi connectivity index (χ0v) is 19.9. The molecule has 0 aromatic rings. The topological polar surface area (TPSA) is 9.72 Å². The normalized spacial score (nSPS) is 22.9. The minimum atomic E-state index is 0.307. The number of hydrogen-bond donors (Lipinski definition) is 0. The van der Waals surface area contributed by atoms with Gasteiger partial charge >= 0.3 is 0 Å². The molecule has 0 aromatic carbocycles. The summed E-state index contributed by atoms with van der Waals surface area (Å²) in [5.74, 6) is 1.71. The van der Waals surface area contributed by atoms with E-state index in [-0.39, 0.29) is 0 Å². The van der Waals surface area contributed by atoms with Crippen molar-refractivity contribution >= 4 is 0 Å². The fourth-order valence-electron chi connectivity index (χ4n) is 5.59. The lowest BCUT2D eigenvalue weighted by atomic mass is 9.67. The molecule has 0 aromatic heterocycles. The fourth-order valence-corrected chi connectivity index (χ4v) is 5.59. The third-order valence-electron chi connectivity index (χ3n) is 7.50. The highest BCUT2D eigenvalue weighted by molar-refractivity contribution is 4.94. The molecule has 0 saturated carbocycles. The van der Waals surface area contributed by atoms with Crippen LogP contribution < -0.4 is 0 Å². The van der Waals surface area contributed by atoms with Gasteiger partial charge in [0.15, 0.2) is 0 Å². The van der Waals surface area contributed by atoms with Gasteiger partial charge in [-0.15, -0.1) is 0 Å². The zero-order valence-electron chi connectivity index (χ0n) is 19.9. The molecule has 0 atom stereocenters. The van der Waals surface area contributed by atoms with Crippen LogP contribution in [0.1, 0.15) is 81.1 Å². The summed E-state index contributed by atoms with van der Waals surface area (Å²) in [6.45, 7) is 28.3. The summed E-state index contributed by atoms with van der Waals surface area (Å²) < 4.78 is 0. The first kappa shape index (κ1) is 23.2. The van der Waals surface area contributed by atoms with Crippen molar-refractivity contribution in [2.45, 2.75) is 92.7 Å². The van der Waals surface area contributed by atoms with Crippen LogP contribution in [0.15, 0.2) is 0 Å². The Balaban J connectivity index is 1.84. The lowest BCUT2D eigenvalue weighted by molar-refractivity contribution is -0.00522. The smallest absolute Gasteiger partial charge is 0.0159 e. The minimum absolute atomic E-state index is 0.307. The summed E-state index contributed by atoms with van der Waals surface area (Å²) in [5.41, 5.74) is 0.740. The number of likely N-dealkylation sites (tertiary alicyclic amines) is 1. The van der Waals surface area contributed by atoms with Gasteiger partial charge in [0.25, 0.3) is 0 Å². The molecule has 0 radical (unpaired) electrons. The third kappa shape index (κ3) is 6.72. The zero-order chi connectivity index (χ0) is 20.2.